The molecule has 132 valence electrons. The SMILES string of the molecule is Cc1ccc(C(=O)CC(Nc2ccc(Br)cc2)c2ccc(Br)cc2)cc1. The molecule has 0 heterocycles. The van der Waals surface area contributed by atoms with Crippen molar-refractivity contribution in [1.29, 1.82) is 0 Å². The van der Waals surface area contributed by atoms with Gasteiger partial charge in [0.15, 0.2) is 5.78 Å². The van der Waals surface area contributed by atoms with Gasteiger partial charge in [-0.2, -0.15) is 0 Å². The number of rotatable bonds is 6. The molecule has 0 aromatic heterocycles. The first-order valence-corrected chi connectivity index (χ1v) is 9.97. The van der Waals surface area contributed by atoms with Crippen molar-refractivity contribution in [2.75, 3.05) is 5.32 Å². The van der Waals surface area contributed by atoms with Gasteiger partial charge in [-0.15, -0.1) is 0 Å². The molecule has 26 heavy (non-hydrogen) atoms. The summed E-state index contributed by atoms with van der Waals surface area (Å²) in [4.78, 5) is 12.8. The van der Waals surface area contributed by atoms with Gasteiger partial charge in [0.25, 0.3) is 0 Å². The Bertz CT molecular complexity index is 872. The van der Waals surface area contributed by atoms with Crippen LogP contribution in [0.5, 0.6) is 0 Å². The molecule has 0 radical (unpaired) electrons. The first-order valence-electron chi connectivity index (χ1n) is 8.39. The molecule has 0 aliphatic carbocycles. The molecule has 3 rings (SSSR count). The Kier molecular flexibility index (Phi) is 6.28. The second kappa shape index (κ2) is 8.65. The molecule has 1 atom stereocenters. The van der Waals surface area contributed by atoms with Crippen molar-refractivity contribution in [1.82, 2.24) is 0 Å². The molecule has 4 heteroatoms. The minimum absolute atomic E-state index is 0.0990. The van der Waals surface area contributed by atoms with E-state index in [0.717, 1.165) is 31.3 Å². The topological polar surface area (TPSA) is 29.1 Å². The predicted octanol–water partition coefficient (Wildman–Crippen LogP) is 6.95. The molecule has 0 fully saturated rings. The summed E-state index contributed by atoms with van der Waals surface area (Å²) in [6, 6.07) is 23.7. The van der Waals surface area contributed by atoms with Crippen molar-refractivity contribution in [2.45, 2.75) is 19.4 Å². The summed E-state index contributed by atoms with van der Waals surface area (Å²) in [7, 11) is 0. The molecular formula is C22H19Br2NO. The minimum atomic E-state index is -0.0990. The lowest BCUT2D eigenvalue weighted by Gasteiger charge is -2.20. The summed E-state index contributed by atoms with van der Waals surface area (Å²) < 4.78 is 2.05. The van der Waals surface area contributed by atoms with Gasteiger partial charge in [-0.05, 0) is 48.9 Å². The van der Waals surface area contributed by atoms with Crippen molar-refractivity contribution in [3.8, 4) is 0 Å². The normalized spacial score (nSPS) is 11.8. The summed E-state index contributed by atoms with van der Waals surface area (Å²) >= 11 is 6.93. The van der Waals surface area contributed by atoms with Crippen molar-refractivity contribution in [3.05, 3.63) is 98.4 Å². The van der Waals surface area contributed by atoms with E-state index in [1.165, 1.54) is 0 Å². The van der Waals surface area contributed by atoms with E-state index in [0.29, 0.717) is 6.42 Å². The highest BCUT2D eigenvalue weighted by Crippen LogP contribution is 2.26. The number of Topliss-reactive ketones (excluding diaryl/α,β-unsaturated/α-hetero) is 1. The Morgan fingerprint density at radius 2 is 1.38 bits per heavy atom. The molecule has 1 N–H and O–H groups in total. The Balaban J connectivity index is 1.84. The number of aryl methyl sites for hydroxylation is 1. The number of carbonyl (C=O) groups is 1. The molecular weight excluding hydrogens is 454 g/mol. The van der Waals surface area contributed by atoms with Crippen LogP contribution in [0.4, 0.5) is 5.69 Å². The maximum atomic E-state index is 12.8. The number of benzene rings is 3. The summed E-state index contributed by atoms with van der Waals surface area (Å²) in [5.74, 6) is 0.127. The lowest BCUT2D eigenvalue weighted by atomic mass is 9.97. The van der Waals surface area contributed by atoms with Crippen molar-refractivity contribution < 1.29 is 4.79 Å². The van der Waals surface area contributed by atoms with Crippen LogP contribution in [0.1, 0.15) is 33.9 Å². The first-order chi connectivity index (χ1) is 12.5. The van der Waals surface area contributed by atoms with E-state index in [4.69, 9.17) is 0 Å². The quantitative estimate of drug-likeness (QED) is 0.393. The molecule has 1 unspecified atom stereocenters. The van der Waals surface area contributed by atoms with Crippen LogP contribution in [0.15, 0.2) is 81.7 Å². The maximum absolute atomic E-state index is 12.8. The van der Waals surface area contributed by atoms with E-state index in [1.807, 2.05) is 79.7 Å². The third-order valence-electron chi connectivity index (χ3n) is 4.22. The van der Waals surface area contributed by atoms with Crippen LogP contribution < -0.4 is 5.32 Å². The Morgan fingerprint density at radius 3 is 1.96 bits per heavy atom. The van der Waals surface area contributed by atoms with Crippen LogP contribution in [-0.2, 0) is 0 Å². The summed E-state index contributed by atoms with van der Waals surface area (Å²) in [5, 5.41) is 3.50. The van der Waals surface area contributed by atoms with E-state index < -0.39 is 0 Å². The van der Waals surface area contributed by atoms with E-state index in [9.17, 15) is 4.79 Å². The number of hydrogen-bond acceptors (Lipinski definition) is 2. The fraction of sp³-hybridized carbons (Fsp3) is 0.136. The highest BCUT2D eigenvalue weighted by Gasteiger charge is 2.17. The van der Waals surface area contributed by atoms with E-state index in [-0.39, 0.29) is 11.8 Å². The summed E-state index contributed by atoms with van der Waals surface area (Å²) in [6.45, 7) is 2.02. The lowest BCUT2D eigenvalue weighted by molar-refractivity contribution is 0.0976. The highest BCUT2D eigenvalue weighted by atomic mass is 79.9. The van der Waals surface area contributed by atoms with Gasteiger partial charge in [-0.1, -0.05) is 73.8 Å². The first kappa shape index (κ1) is 18.9. The molecule has 0 aliphatic rings. The number of hydrogen-bond donors (Lipinski definition) is 1. The van der Waals surface area contributed by atoms with Gasteiger partial charge in [-0.25, -0.2) is 0 Å². The van der Waals surface area contributed by atoms with E-state index >= 15 is 0 Å². The number of halogens is 2. The standard InChI is InChI=1S/C22H19Br2NO/c1-15-2-4-17(5-3-15)22(26)14-21(16-6-8-18(23)9-7-16)25-20-12-10-19(24)11-13-20/h2-13,21,25H,14H2,1H3. The van der Waals surface area contributed by atoms with Crippen LogP contribution >= 0.6 is 31.9 Å². The molecule has 0 saturated carbocycles. The molecule has 2 nitrogen and oxygen atoms in total. The third-order valence-corrected chi connectivity index (χ3v) is 5.28. The summed E-state index contributed by atoms with van der Waals surface area (Å²) in [6.07, 6.45) is 0.390. The van der Waals surface area contributed by atoms with Crippen LogP contribution in [-0.4, -0.2) is 5.78 Å². The number of nitrogens with one attached hydrogen (secondary N) is 1. The number of carbonyl (C=O) groups excluding carboxylic acids is 1. The van der Waals surface area contributed by atoms with E-state index in [1.54, 1.807) is 0 Å². The average molecular weight is 473 g/mol. The van der Waals surface area contributed by atoms with Gasteiger partial charge in [0.1, 0.15) is 0 Å². The second-order valence-corrected chi connectivity index (χ2v) is 8.08. The van der Waals surface area contributed by atoms with Gasteiger partial charge in [0.2, 0.25) is 0 Å². The zero-order chi connectivity index (χ0) is 18.5. The molecule has 0 aliphatic heterocycles. The maximum Gasteiger partial charge on any atom is 0.165 e. The second-order valence-electron chi connectivity index (χ2n) is 6.25. The van der Waals surface area contributed by atoms with Gasteiger partial charge in [-0.3, -0.25) is 4.79 Å². The molecule has 0 spiro atoms. The largest absolute Gasteiger partial charge is 0.378 e. The Labute approximate surface area is 170 Å². The number of anilines is 1. The fourth-order valence-corrected chi connectivity index (χ4v) is 3.27. The minimum Gasteiger partial charge on any atom is -0.378 e. The van der Waals surface area contributed by atoms with E-state index in [2.05, 4.69) is 37.2 Å². The van der Waals surface area contributed by atoms with Crippen LogP contribution in [0.2, 0.25) is 0 Å². The predicted molar refractivity (Wildman–Crippen MR) is 115 cm³/mol. The molecule has 0 bridgehead atoms. The molecule has 3 aromatic carbocycles. The molecule has 0 saturated heterocycles. The lowest BCUT2D eigenvalue weighted by Crippen LogP contribution is -2.15. The van der Waals surface area contributed by atoms with Gasteiger partial charge in [0, 0.05) is 26.6 Å². The third kappa shape index (κ3) is 5.05. The van der Waals surface area contributed by atoms with Gasteiger partial charge in [0.05, 0.1) is 6.04 Å². The van der Waals surface area contributed by atoms with Gasteiger partial charge < -0.3 is 5.32 Å². The van der Waals surface area contributed by atoms with Gasteiger partial charge >= 0.3 is 0 Å². The fourth-order valence-electron chi connectivity index (χ4n) is 2.74. The van der Waals surface area contributed by atoms with Crippen LogP contribution in [0, 0.1) is 6.92 Å². The smallest absolute Gasteiger partial charge is 0.165 e. The summed E-state index contributed by atoms with van der Waals surface area (Å²) in [5.41, 5.74) is 3.96. The molecule has 3 aromatic rings. The zero-order valence-electron chi connectivity index (χ0n) is 14.4. The van der Waals surface area contributed by atoms with Crippen LogP contribution in [0.25, 0.3) is 0 Å². The van der Waals surface area contributed by atoms with Crippen molar-refractivity contribution >= 4 is 43.3 Å². The zero-order valence-corrected chi connectivity index (χ0v) is 17.5. The van der Waals surface area contributed by atoms with Crippen LogP contribution in [0.3, 0.4) is 0 Å². The average Bonchev–Trinajstić information content (AvgIpc) is 2.64. The molecule has 0 amide bonds. The monoisotopic (exact) mass is 471 g/mol. The van der Waals surface area contributed by atoms with Crippen molar-refractivity contribution in [2.24, 2.45) is 0 Å². The Morgan fingerprint density at radius 1 is 0.846 bits per heavy atom. The highest BCUT2D eigenvalue weighted by molar-refractivity contribution is 9.10. The Hall–Kier alpha value is -1.91. The van der Waals surface area contributed by atoms with Crippen molar-refractivity contribution in [3.63, 3.8) is 0 Å². The number of ketones is 1.